The summed E-state index contributed by atoms with van der Waals surface area (Å²) in [6.45, 7) is 14.6. The smallest absolute Gasteiger partial charge is 0.166 e. The molecule has 0 saturated carbocycles. The van der Waals surface area contributed by atoms with Crippen LogP contribution in [0, 0.1) is 0 Å². The Labute approximate surface area is 168 Å². The molecule has 1 aliphatic rings. The molecule has 1 saturated heterocycles. The first kappa shape index (κ1) is 23.9. The van der Waals surface area contributed by atoms with E-state index < -0.39 is 0 Å². The van der Waals surface area contributed by atoms with Crippen LogP contribution in [0.4, 0.5) is 0 Å². The Morgan fingerprint density at radius 3 is 1.52 bits per heavy atom. The number of allylic oxidation sites excluding steroid dienone is 8. The fraction of sp³-hybridized carbons (Fsp3) is 0.680. The molecule has 0 spiro atoms. The number of hydrogen-bond donors (Lipinski definition) is 0. The van der Waals surface area contributed by atoms with Crippen LogP contribution >= 0.6 is 0 Å². The van der Waals surface area contributed by atoms with Crippen molar-refractivity contribution < 1.29 is 9.47 Å². The zero-order valence-corrected chi connectivity index (χ0v) is 18.7. The maximum absolute atomic E-state index is 5.65. The van der Waals surface area contributed by atoms with Gasteiger partial charge in [0.1, 0.15) is 0 Å². The van der Waals surface area contributed by atoms with Crippen LogP contribution in [0.2, 0.25) is 0 Å². The molecule has 0 aromatic heterocycles. The van der Waals surface area contributed by atoms with Crippen LogP contribution in [0.25, 0.3) is 0 Å². The van der Waals surface area contributed by atoms with Crippen molar-refractivity contribution in [1.29, 1.82) is 0 Å². The summed E-state index contributed by atoms with van der Waals surface area (Å²) >= 11 is 0. The zero-order valence-electron chi connectivity index (χ0n) is 18.7. The molecule has 1 heterocycles. The van der Waals surface area contributed by atoms with E-state index in [2.05, 4.69) is 58.9 Å². The second-order valence-corrected chi connectivity index (χ2v) is 8.42. The Morgan fingerprint density at radius 1 is 0.667 bits per heavy atom. The molecule has 0 radical (unpaired) electrons. The van der Waals surface area contributed by atoms with Gasteiger partial charge in [-0.3, -0.25) is 0 Å². The first-order chi connectivity index (χ1) is 12.8. The van der Waals surface area contributed by atoms with Crippen LogP contribution in [0.15, 0.2) is 46.6 Å². The SMILES string of the molecule is CC(C)=CCC/C(C)=C/CC/C(C)=C/CC/C(C)=C/CCC1(C)OCCO1. The van der Waals surface area contributed by atoms with Crippen molar-refractivity contribution in [3.8, 4) is 0 Å². The van der Waals surface area contributed by atoms with Crippen molar-refractivity contribution in [2.75, 3.05) is 13.2 Å². The predicted molar refractivity (Wildman–Crippen MR) is 118 cm³/mol. The van der Waals surface area contributed by atoms with Gasteiger partial charge in [-0.15, -0.1) is 0 Å². The van der Waals surface area contributed by atoms with E-state index in [0.717, 1.165) is 45.3 Å². The Kier molecular flexibility index (Phi) is 11.6. The van der Waals surface area contributed by atoms with Crippen LogP contribution in [0.1, 0.15) is 92.9 Å². The average molecular weight is 375 g/mol. The predicted octanol–water partition coefficient (Wildman–Crippen LogP) is 7.68. The Bertz CT molecular complexity index is 539. The van der Waals surface area contributed by atoms with Gasteiger partial charge in [0.15, 0.2) is 5.79 Å². The summed E-state index contributed by atoms with van der Waals surface area (Å²) in [5, 5.41) is 0. The molecule has 2 nitrogen and oxygen atoms in total. The second kappa shape index (κ2) is 13.1. The lowest BCUT2D eigenvalue weighted by Crippen LogP contribution is -2.24. The first-order valence-corrected chi connectivity index (χ1v) is 10.7. The molecule has 27 heavy (non-hydrogen) atoms. The topological polar surface area (TPSA) is 18.5 Å². The van der Waals surface area contributed by atoms with E-state index in [1.807, 2.05) is 6.92 Å². The van der Waals surface area contributed by atoms with Crippen LogP contribution in [-0.4, -0.2) is 19.0 Å². The summed E-state index contributed by atoms with van der Waals surface area (Å²) in [7, 11) is 0. The van der Waals surface area contributed by atoms with Gasteiger partial charge in [0.05, 0.1) is 13.2 Å². The Balaban J connectivity index is 2.19. The van der Waals surface area contributed by atoms with E-state index >= 15 is 0 Å². The molecular formula is C25H42O2. The van der Waals surface area contributed by atoms with Crippen LogP contribution < -0.4 is 0 Å². The normalized spacial score (nSPS) is 18.1. The molecule has 154 valence electrons. The minimum absolute atomic E-state index is 0.357. The molecule has 0 aromatic rings. The van der Waals surface area contributed by atoms with Crippen LogP contribution in [-0.2, 0) is 9.47 Å². The van der Waals surface area contributed by atoms with E-state index in [0.29, 0.717) is 0 Å². The lowest BCUT2D eigenvalue weighted by molar-refractivity contribution is -0.145. The minimum atomic E-state index is -0.357. The molecule has 1 fully saturated rings. The van der Waals surface area contributed by atoms with Gasteiger partial charge in [0.2, 0.25) is 0 Å². The lowest BCUT2D eigenvalue weighted by atomic mass is 10.0. The van der Waals surface area contributed by atoms with Gasteiger partial charge in [-0.2, -0.15) is 0 Å². The van der Waals surface area contributed by atoms with Crippen molar-refractivity contribution >= 4 is 0 Å². The number of rotatable bonds is 12. The molecule has 0 bridgehead atoms. The molecule has 2 heteroatoms. The highest BCUT2D eigenvalue weighted by molar-refractivity contribution is 5.07. The number of ether oxygens (including phenoxy) is 2. The Hall–Kier alpha value is -1.12. The van der Waals surface area contributed by atoms with Crippen molar-refractivity contribution in [1.82, 2.24) is 0 Å². The summed E-state index contributed by atoms with van der Waals surface area (Å²) in [5.74, 6) is -0.357. The monoisotopic (exact) mass is 374 g/mol. The highest BCUT2D eigenvalue weighted by Crippen LogP contribution is 2.24. The standard InChI is InChI=1S/C25H42O2/c1-21(2)11-7-12-22(3)13-8-14-23(4)15-9-16-24(5)17-10-18-25(6)26-19-20-27-25/h11,13,15,17H,7-10,12,14,16,18-20H2,1-6H3/b22-13+,23-15+,24-17+. The maximum Gasteiger partial charge on any atom is 0.166 e. The fourth-order valence-corrected chi connectivity index (χ4v) is 3.27. The van der Waals surface area contributed by atoms with E-state index in [1.165, 1.54) is 41.6 Å². The second-order valence-electron chi connectivity index (χ2n) is 8.42. The van der Waals surface area contributed by atoms with Crippen molar-refractivity contribution in [2.24, 2.45) is 0 Å². The third kappa shape index (κ3) is 12.0. The van der Waals surface area contributed by atoms with Gasteiger partial charge in [-0.1, -0.05) is 46.6 Å². The molecule has 0 N–H and O–H groups in total. The van der Waals surface area contributed by atoms with Gasteiger partial charge >= 0.3 is 0 Å². The zero-order chi connectivity index (χ0) is 20.1. The Morgan fingerprint density at radius 2 is 1.07 bits per heavy atom. The van der Waals surface area contributed by atoms with Crippen molar-refractivity contribution in [3.05, 3.63) is 46.6 Å². The summed E-state index contributed by atoms with van der Waals surface area (Å²) in [4.78, 5) is 0. The van der Waals surface area contributed by atoms with Gasteiger partial charge in [-0.05, 0) is 86.5 Å². The molecule has 1 aliphatic heterocycles. The molecular weight excluding hydrogens is 332 g/mol. The number of hydrogen-bond acceptors (Lipinski definition) is 2. The van der Waals surface area contributed by atoms with Gasteiger partial charge in [0, 0.05) is 6.42 Å². The molecule has 1 rings (SSSR count). The largest absolute Gasteiger partial charge is 0.348 e. The average Bonchev–Trinajstić information content (AvgIpc) is 3.01. The highest BCUT2D eigenvalue weighted by Gasteiger charge is 2.29. The van der Waals surface area contributed by atoms with E-state index in [4.69, 9.17) is 9.47 Å². The van der Waals surface area contributed by atoms with Crippen LogP contribution in [0.3, 0.4) is 0 Å². The van der Waals surface area contributed by atoms with E-state index in [9.17, 15) is 0 Å². The molecule has 0 amide bonds. The van der Waals surface area contributed by atoms with Crippen molar-refractivity contribution in [2.45, 2.75) is 98.7 Å². The molecule has 0 aliphatic carbocycles. The summed E-state index contributed by atoms with van der Waals surface area (Å²) in [6, 6.07) is 0. The third-order valence-electron chi connectivity index (χ3n) is 5.14. The first-order valence-electron chi connectivity index (χ1n) is 10.7. The van der Waals surface area contributed by atoms with Crippen molar-refractivity contribution in [3.63, 3.8) is 0 Å². The van der Waals surface area contributed by atoms with Gasteiger partial charge < -0.3 is 9.47 Å². The molecule has 0 atom stereocenters. The fourth-order valence-electron chi connectivity index (χ4n) is 3.27. The van der Waals surface area contributed by atoms with E-state index in [-0.39, 0.29) is 5.79 Å². The maximum atomic E-state index is 5.65. The summed E-state index contributed by atoms with van der Waals surface area (Å²) in [5.41, 5.74) is 5.91. The summed E-state index contributed by atoms with van der Waals surface area (Å²) < 4.78 is 11.3. The van der Waals surface area contributed by atoms with Gasteiger partial charge in [-0.25, -0.2) is 0 Å². The highest BCUT2D eigenvalue weighted by atomic mass is 16.7. The van der Waals surface area contributed by atoms with Gasteiger partial charge in [0.25, 0.3) is 0 Å². The third-order valence-corrected chi connectivity index (χ3v) is 5.14. The minimum Gasteiger partial charge on any atom is -0.348 e. The lowest BCUT2D eigenvalue weighted by Gasteiger charge is -2.21. The summed E-state index contributed by atoms with van der Waals surface area (Å²) in [6.07, 6.45) is 18.4. The quantitative estimate of drug-likeness (QED) is 0.326. The van der Waals surface area contributed by atoms with E-state index in [1.54, 1.807) is 0 Å². The molecule has 0 aromatic carbocycles. The van der Waals surface area contributed by atoms with Crippen LogP contribution in [0.5, 0.6) is 0 Å². The molecule has 0 unspecified atom stereocenters.